The van der Waals surface area contributed by atoms with Gasteiger partial charge in [0.25, 0.3) is 0 Å². The third-order valence-corrected chi connectivity index (χ3v) is 3.56. The van der Waals surface area contributed by atoms with Crippen LogP contribution in [0.1, 0.15) is 26.5 Å². The molecule has 1 N–H and O–H groups in total. The van der Waals surface area contributed by atoms with Crippen molar-refractivity contribution in [3.8, 4) is 5.69 Å². The van der Waals surface area contributed by atoms with E-state index in [2.05, 4.69) is 15.6 Å². The highest BCUT2D eigenvalue weighted by Crippen LogP contribution is 2.15. The van der Waals surface area contributed by atoms with Gasteiger partial charge in [-0.3, -0.25) is 0 Å². The summed E-state index contributed by atoms with van der Waals surface area (Å²) in [5.74, 6) is 0. The minimum absolute atomic E-state index is 0. The molecular formula is C13H19Cl2FN4O2S. The maximum absolute atomic E-state index is 12.8. The van der Waals surface area contributed by atoms with Gasteiger partial charge < -0.3 is 5.32 Å². The summed E-state index contributed by atoms with van der Waals surface area (Å²) in [6.07, 6.45) is 1.73. The molecule has 0 unspecified atom stereocenters. The standard InChI is InChI=1S/C13H17FN4O2S.2ClH/c1-13(2,3)15-8-10-9-18(17-16-10)11-4-6-12(7-5-11)21(14,19)20;;/h4-7,9,15H,8H2,1-3H3;2*1H. The fraction of sp³-hybridized carbons (Fsp3) is 0.385. The molecule has 0 atom stereocenters. The van der Waals surface area contributed by atoms with Gasteiger partial charge in [-0.1, -0.05) is 5.21 Å². The van der Waals surface area contributed by atoms with Gasteiger partial charge in [0.15, 0.2) is 0 Å². The average molecular weight is 385 g/mol. The van der Waals surface area contributed by atoms with Crippen LogP contribution in [0.3, 0.4) is 0 Å². The molecule has 2 aromatic rings. The molecule has 0 saturated heterocycles. The molecule has 0 spiro atoms. The van der Waals surface area contributed by atoms with Gasteiger partial charge in [0.2, 0.25) is 0 Å². The maximum Gasteiger partial charge on any atom is 0.332 e. The maximum atomic E-state index is 12.8. The second kappa shape index (κ2) is 8.05. The first-order valence-electron chi connectivity index (χ1n) is 6.36. The van der Waals surface area contributed by atoms with Crippen molar-refractivity contribution in [1.29, 1.82) is 0 Å². The molecule has 23 heavy (non-hydrogen) atoms. The van der Waals surface area contributed by atoms with Crippen molar-refractivity contribution >= 4 is 35.0 Å². The largest absolute Gasteiger partial charge is 0.332 e. The second-order valence-electron chi connectivity index (χ2n) is 5.69. The fourth-order valence-electron chi connectivity index (χ4n) is 1.62. The van der Waals surface area contributed by atoms with Crippen molar-refractivity contribution in [3.63, 3.8) is 0 Å². The lowest BCUT2D eigenvalue weighted by atomic mass is 10.1. The zero-order valence-corrected chi connectivity index (χ0v) is 15.3. The van der Waals surface area contributed by atoms with Gasteiger partial charge in [0, 0.05) is 12.1 Å². The summed E-state index contributed by atoms with van der Waals surface area (Å²) in [6, 6.07) is 5.34. The summed E-state index contributed by atoms with van der Waals surface area (Å²) in [7, 11) is -4.68. The van der Waals surface area contributed by atoms with Crippen molar-refractivity contribution in [3.05, 3.63) is 36.2 Å². The quantitative estimate of drug-likeness (QED) is 0.819. The monoisotopic (exact) mass is 384 g/mol. The summed E-state index contributed by atoms with van der Waals surface area (Å²) in [4.78, 5) is -0.374. The summed E-state index contributed by atoms with van der Waals surface area (Å²) in [5, 5.41) is 11.3. The highest BCUT2D eigenvalue weighted by Gasteiger charge is 2.13. The van der Waals surface area contributed by atoms with Crippen LogP contribution in [-0.2, 0) is 16.8 Å². The first kappa shape index (κ1) is 21.8. The van der Waals surface area contributed by atoms with Crippen LogP contribution in [0.4, 0.5) is 3.89 Å². The molecule has 2 rings (SSSR count). The SMILES string of the molecule is CC(C)(C)NCc1cn(-c2ccc(S(=O)(=O)F)cc2)nn1.Cl.Cl. The average Bonchev–Trinajstić information content (AvgIpc) is 2.83. The Morgan fingerprint density at radius 2 is 1.74 bits per heavy atom. The predicted molar refractivity (Wildman–Crippen MR) is 90.7 cm³/mol. The van der Waals surface area contributed by atoms with Crippen molar-refractivity contribution < 1.29 is 12.3 Å². The van der Waals surface area contributed by atoms with E-state index < -0.39 is 10.2 Å². The summed E-state index contributed by atoms with van der Waals surface area (Å²) >= 11 is 0. The Balaban J connectivity index is 0.00000242. The smallest absolute Gasteiger partial charge is 0.306 e. The van der Waals surface area contributed by atoms with Crippen molar-refractivity contribution in [1.82, 2.24) is 20.3 Å². The Kier molecular flexibility index (Phi) is 7.62. The van der Waals surface area contributed by atoms with Crippen LogP contribution >= 0.6 is 24.8 Å². The summed E-state index contributed by atoms with van der Waals surface area (Å²) in [6.45, 7) is 6.72. The molecule has 0 saturated carbocycles. The molecule has 0 fully saturated rings. The van der Waals surface area contributed by atoms with Gasteiger partial charge in [-0.15, -0.1) is 33.8 Å². The Bertz CT molecular complexity index is 727. The van der Waals surface area contributed by atoms with E-state index in [-0.39, 0.29) is 35.2 Å². The van der Waals surface area contributed by atoms with Crippen LogP contribution in [-0.4, -0.2) is 29.0 Å². The Labute approximate surface area is 147 Å². The van der Waals surface area contributed by atoms with Crippen LogP contribution in [0, 0.1) is 0 Å². The number of nitrogens with one attached hydrogen (secondary N) is 1. The number of halogens is 3. The summed E-state index contributed by atoms with van der Waals surface area (Å²) in [5.41, 5.74) is 1.34. The third-order valence-electron chi connectivity index (χ3n) is 2.72. The molecule has 1 heterocycles. The number of nitrogens with zero attached hydrogens (tertiary/aromatic N) is 3. The minimum Gasteiger partial charge on any atom is -0.306 e. The molecule has 0 aliphatic carbocycles. The molecule has 130 valence electrons. The zero-order valence-electron chi connectivity index (χ0n) is 12.9. The van der Waals surface area contributed by atoms with E-state index in [1.807, 2.05) is 20.8 Å². The first-order chi connectivity index (χ1) is 9.65. The number of hydrogen-bond acceptors (Lipinski definition) is 5. The predicted octanol–water partition coefficient (Wildman–Crippen LogP) is 2.66. The Morgan fingerprint density at radius 3 is 2.22 bits per heavy atom. The Hall–Kier alpha value is -1.22. The van der Waals surface area contributed by atoms with Crippen molar-refractivity contribution in [2.75, 3.05) is 0 Å². The highest BCUT2D eigenvalue weighted by atomic mass is 35.5. The van der Waals surface area contributed by atoms with E-state index >= 15 is 0 Å². The van der Waals surface area contributed by atoms with Crippen LogP contribution in [0.2, 0.25) is 0 Å². The molecule has 1 aromatic heterocycles. The first-order valence-corrected chi connectivity index (χ1v) is 7.75. The molecule has 1 aromatic carbocycles. The number of aromatic nitrogens is 3. The van der Waals surface area contributed by atoms with Crippen LogP contribution < -0.4 is 5.32 Å². The lowest BCUT2D eigenvalue weighted by Crippen LogP contribution is -2.35. The summed E-state index contributed by atoms with van der Waals surface area (Å²) < 4.78 is 35.8. The molecule has 6 nitrogen and oxygen atoms in total. The molecule has 0 radical (unpaired) electrons. The molecule has 0 aliphatic heterocycles. The molecule has 0 aliphatic rings. The Morgan fingerprint density at radius 1 is 1.17 bits per heavy atom. The topological polar surface area (TPSA) is 76.9 Å². The number of hydrogen-bond donors (Lipinski definition) is 1. The third kappa shape index (κ3) is 6.42. The fourth-order valence-corrected chi connectivity index (χ4v) is 2.08. The van der Waals surface area contributed by atoms with E-state index in [0.717, 1.165) is 5.69 Å². The van der Waals surface area contributed by atoms with Crippen LogP contribution in [0.5, 0.6) is 0 Å². The molecule has 0 bridgehead atoms. The van der Waals surface area contributed by atoms with E-state index in [0.29, 0.717) is 12.2 Å². The zero-order chi connectivity index (χ0) is 15.7. The number of benzene rings is 1. The van der Waals surface area contributed by atoms with E-state index in [9.17, 15) is 12.3 Å². The van der Waals surface area contributed by atoms with Gasteiger partial charge in [-0.05, 0) is 45.0 Å². The van der Waals surface area contributed by atoms with Crippen LogP contribution in [0.25, 0.3) is 5.69 Å². The van der Waals surface area contributed by atoms with Crippen molar-refractivity contribution in [2.45, 2.75) is 37.8 Å². The van der Waals surface area contributed by atoms with Gasteiger partial charge >= 0.3 is 10.2 Å². The van der Waals surface area contributed by atoms with Crippen molar-refractivity contribution in [2.24, 2.45) is 0 Å². The lowest BCUT2D eigenvalue weighted by molar-refractivity contribution is 0.421. The van der Waals surface area contributed by atoms with E-state index in [4.69, 9.17) is 0 Å². The minimum atomic E-state index is -4.68. The van der Waals surface area contributed by atoms with Gasteiger partial charge in [0.05, 0.1) is 22.5 Å². The van der Waals surface area contributed by atoms with E-state index in [1.54, 1.807) is 6.20 Å². The normalized spacial score (nSPS) is 11.5. The molecular weight excluding hydrogens is 366 g/mol. The van der Waals surface area contributed by atoms with Gasteiger partial charge in [0.1, 0.15) is 0 Å². The second-order valence-corrected chi connectivity index (χ2v) is 7.04. The van der Waals surface area contributed by atoms with Gasteiger partial charge in [-0.25, -0.2) is 4.68 Å². The highest BCUT2D eigenvalue weighted by molar-refractivity contribution is 7.86. The lowest BCUT2D eigenvalue weighted by Gasteiger charge is -2.19. The molecule has 0 amide bonds. The number of rotatable bonds is 4. The van der Waals surface area contributed by atoms with Crippen LogP contribution in [0.15, 0.2) is 35.4 Å². The van der Waals surface area contributed by atoms with E-state index in [1.165, 1.54) is 28.9 Å². The molecule has 10 heteroatoms. The van der Waals surface area contributed by atoms with Gasteiger partial charge in [-0.2, -0.15) is 8.42 Å².